The molecule has 27 heavy (non-hydrogen) atoms. The SMILES string of the molecule is COc1cc(C)c(/C=C/C(C)=C/C=C/C(C)=C/C(=O)OC(C)C)c(C)c1C. The van der Waals surface area contributed by atoms with Crippen molar-refractivity contribution < 1.29 is 14.3 Å². The first-order valence-corrected chi connectivity index (χ1v) is 9.22. The van der Waals surface area contributed by atoms with Crippen molar-refractivity contribution in [3.05, 3.63) is 69.8 Å². The zero-order valence-electron chi connectivity index (χ0n) is 17.8. The second kappa shape index (κ2) is 10.6. The van der Waals surface area contributed by atoms with Crippen LogP contribution in [0.1, 0.15) is 49.9 Å². The van der Waals surface area contributed by atoms with Gasteiger partial charge < -0.3 is 9.47 Å². The van der Waals surface area contributed by atoms with Crippen LogP contribution in [0, 0.1) is 20.8 Å². The van der Waals surface area contributed by atoms with Crippen LogP contribution in [0.5, 0.6) is 5.75 Å². The fourth-order valence-corrected chi connectivity index (χ4v) is 2.66. The average Bonchev–Trinajstić information content (AvgIpc) is 2.57. The van der Waals surface area contributed by atoms with E-state index >= 15 is 0 Å². The van der Waals surface area contributed by atoms with Crippen LogP contribution in [0.3, 0.4) is 0 Å². The van der Waals surface area contributed by atoms with Crippen LogP contribution < -0.4 is 4.74 Å². The van der Waals surface area contributed by atoms with E-state index in [-0.39, 0.29) is 12.1 Å². The van der Waals surface area contributed by atoms with E-state index in [1.165, 1.54) is 28.3 Å². The molecular formula is C24H32O3. The number of benzene rings is 1. The molecule has 0 aromatic heterocycles. The summed E-state index contributed by atoms with van der Waals surface area (Å²) in [6.45, 7) is 13.9. The van der Waals surface area contributed by atoms with Crippen molar-refractivity contribution >= 4 is 12.0 Å². The highest BCUT2D eigenvalue weighted by atomic mass is 16.5. The molecule has 146 valence electrons. The van der Waals surface area contributed by atoms with Crippen molar-refractivity contribution in [1.82, 2.24) is 0 Å². The second-order valence-electron chi connectivity index (χ2n) is 7.04. The number of rotatable bonds is 7. The molecule has 0 amide bonds. The third kappa shape index (κ3) is 7.30. The van der Waals surface area contributed by atoms with E-state index in [2.05, 4.69) is 39.0 Å². The van der Waals surface area contributed by atoms with Gasteiger partial charge in [0, 0.05) is 6.08 Å². The summed E-state index contributed by atoms with van der Waals surface area (Å²) in [6, 6.07) is 2.07. The molecule has 0 aliphatic rings. The number of aryl methyl sites for hydroxylation is 1. The summed E-state index contributed by atoms with van der Waals surface area (Å²) in [7, 11) is 1.70. The zero-order chi connectivity index (χ0) is 20.6. The number of esters is 1. The topological polar surface area (TPSA) is 35.5 Å². The Morgan fingerprint density at radius 3 is 2.30 bits per heavy atom. The van der Waals surface area contributed by atoms with E-state index in [9.17, 15) is 4.79 Å². The Hall–Kier alpha value is -2.55. The monoisotopic (exact) mass is 368 g/mol. The molecule has 3 heteroatoms. The lowest BCUT2D eigenvalue weighted by Gasteiger charge is -2.13. The molecule has 0 bridgehead atoms. The van der Waals surface area contributed by atoms with E-state index in [0.29, 0.717) is 0 Å². The summed E-state index contributed by atoms with van der Waals surface area (Å²) in [6.07, 6.45) is 11.5. The Labute approximate surface area is 164 Å². The minimum atomic E-state index is -0.312. The molecule has 0 heterocycles. The number of carbonyl (C=O) groups is 1. The maximum Gasteiger partial charge on any atom is 0.331 e. The van der Waals surface area contributed by atoms with Crippen molar-refractivity contribution in [2.75, 3.05) is 7.11 Å². The Morgan fingerprint density at radius 2 is 1.70 bits per heavy atom. The maximum absolute atomic E-state index is 11.6. The van der Waals surface area contributed by atoms with Crippen molar-refractivity contribution in [3.63, 3.8) is 0 Å². The molecule has 3 nitrogen and oxygen atoms in total. The van der Waals surface area contributed by atoms with Gasteiger partial charge in [0.05, 0.1) is 13.2 Å². The Morgan fingerprint density at radius 1 is 1.04 bits per heavy atom. The van der Waals surface area contributed by atoms with Crippen molar-refractivity contribution in [1.29, 1.82) is 0 Å². The summed E-state index contributed by atoms with van der Waals surface area (Å²) in [5, 5.41) is 0. The standard InChI is InChI=1S/C24H32O3/c1-16(2)27-24(25)14-18(4)11-9-10-17(3)12-13-22-19(5)15-23(26-8)21(7)20(22)6/h9-16H,1-8H3/b11-9+,13-12+,17-10+,18-14+. The van der Waals surface area contributed by atoms with Gasteiger partial charge in [-0.2, -0.15) is 0 Å². The van der Waals surface area contributed by atoms with Gasteiger partial charge in [-0.1, -0.05) is 36.0 Å². The minimum Gasteiger partial charge on any atom is -0.496 e. The normalized spacial score (nSPS) is 13.1. The van der Waals surface area contributed by atoms with Crippen molar-refractivity contribution in [2.45, 2.75) is 54.6 Å². The summed E-state index contributed by atoms with van der Waals surface area (Å²) in [4.78, 5) is 11.6. The van der Waals surface area contributed by atoms with Gasteiger partial charge in [-0.05, 0) is 82.4 Å². The highest BCUT2D eigenvalue weighted by Crippen LogP contribution is 2.28. The molecule has 0 unspecified atom stereocenters. The highest BCUT2D eigenvalue weighted by molar-refractivity contribution is 5.83. The van der Waals surface area contributed by atoms with Crippen molar-refractivity contribution in [3.8, 4) is 5.75 Å². The lowest BCUT2D eigenvalue weighted by molar-refractivity contribution is -0.141. The van der Waals surface area contributed by atoms with Crippen LogP contribution in [0.2, 0.25) is 0 Å². The molecular weight excluding hydrogens is 336 g/mol. The fourth-order valence-electron chi connectivity index (χ4n) is 2.66. The number of ether oxygens (including phenoxy) is 2. The molecule has 1 aromatic rings. The van der Waals surface area contributed by atoms with Gasteiger partial charge in [0.25, 0.3) is 0 Å². The smallest absolute Gasteiger partial charge is 0.331 e. The Balaban J connectivity index is 2.87. The van der Waals surface area contributed by atoms with Crippen LogP contribution in [0.25, 0.3) is 6.08 Å². The largest absolute Gasteiger partial charge is 0.496 e. The van der Waals surface area contributed by atoms with Crippen LogP contribution in [0.4, 0.5) is 0 Å². The number of carbonyl (C=O) groups excluding carboxylic acids is 1. The van der Waals surface area contributed by atoms with E-state index in [1.54, 1.807) is 7.11 Å². The van der Waals surface area contributed by atoms with E-state index < -0.39 is 0 Å². The molecule has 0 atom stereocenters. The molecule has 0 saturated heterocycles. The summed E-state index contributed by atoms with van der Waals surface area (Å²) in [5.74, 6) is 0.615. The maximum atomic E-state index is 11.6. The van der Waals surface area contributed by atoms with Gasteiger partial charge in [0.1, 0.15) is 5.75 Å². The first kappa shape index (κ1) is 22.5. The quantitative estimate of drug-likeness (QED) is 0.335. The average molecular weight is 369 g/mol. The molecule has 0 radical (unpaired) electrons. The summed E-state index contributed by atoms with van der Waals surface area (Å²) >= 11 is 0. The first-order chi connectivity index (χ1) is 12.6. The summed E-state index contributed by atoms with van der Waals surface area (Å²) in [5.41, 5.74) is 6.78. The van der Waals surface area contributed by atoms with Gasteiger partial charge in [0.15, 0.2) is 0 Å². The van der Waals surface area contributed by atoms with Crippen LogP contribution >= 0.6 is 0 Å². The molecule has 1 aromatic carbocycles. The van der Waals surface area contributed by atoms with Gasteiger partial charge in [0.2, 0.25) is 0 Å². The fraction of sp³-hybridized carbons (Fsp3) is 0.375. The number of methoxy groups -OCH3 is 1. The van der Waals surface area contributed by atoms with Gasteiger partial charge in [-0.15, -0.1) is 0 Å². The number of hydrogen-bond donors (Lipinski definition) is 0. The lowest BCUT2D eigenvalue weighted by atomic mass is 9.96. The highest BCUT2D eigenvalue weighted by Gasteiger charge is 2.08. The Bertz CT molecular complexity index is 790. The third-order valence-corrected chi connectivity index (χ3v) is 4.26. The molecule has 0 N–H and O–H groups in total. The summed E-state index contributed by atoms with van der Waals surface area (Å²) < 4.78 is 10.5. The van der Waals surface area contributed by atoms with E-state index in [1.807, 2.05) is 45.9 Å². The molecule has 0 fully saturated rings. The van der Waals surface area contributed by atoms with E-state index in [4.69, 9.17) is 9.47 Å². The molecule has 0 spiro atoms. The van der Waals surface area contributed by atoms with Gasteiger partial charge in [-0.3, -0.25) is 0 Å². The van der Waals surface area contributed by atoms with Crippen LogP contribution in [0.15, 0.2) is 47.6 Å². The van der Waals surface area contributed by atoms with Crippen molar-refractivity contribution in [2.24, 2.45) is 0 Å². The predicted molar refractivity (Wildman–Crippen MR) is 114 cm³/mol. The predicted octanol–water partition coefficient (Wildman–Crippen LogP) is 6.03. The van der Waals surface area contributed by atoms with Gasteiger partial charge >= 0.3 is 5.97 Å². The minimum absolute atomic E-state index is 0.105. The molecule has 0 aliphatic heterocycles. The third-order valence-electron chi connectivity index (χ3n) is 4.26. The zero-order valence-corrected chi connectivity index (χ0v) is 17.8. The van der Waals surface area contributed by atoms with Crippen LogP contribution in [-0.2, 0) is 9.53 Å². The van der Waals surface area contributed by atoms with E-state index in [0.717, 1.165) is 16.9 Å². The molecule has 1 rings (SSSR count). The van der Waals surface area contributed by atoms with Crippen LogP contribution in [-0.4, -0.2) is 19.2 Å². The number of hydrogen-bond acceptors (Lipinski definition) is 3. The number of allylic oxidation sites excluding steroid dienone is 6. The Kier molecular flexibility index (Phi) is 8.80. The second-order valence-corrected chi connectivity index (χ2v) is 7.04. The molecule has 0 aliphatic carbocycles. The first-order valence-electron chi connectivity index (χ1n) is 9.22. The lowest BCUT2D eigenvalue weighted by Crippen LogP contribution is -2.08. The van der Waals surface area contributed by atoms with Gasteiger partial charge in [-0.25, -0.2) is 4.79 Å². The molecule has 0 saturated carbocycles.